The standard InChI is InChI=1S/C20H18ClF3O4/c1-19(2)8-12(25)15-13(9-19)28-17(20(22,23)24)16(18(26)27-3)14(15)10-5-4-6-11(21)7-10/h4-7,14H,8-9H2,1-3H3. The first-order chi connectivity index (χ1) is 12.9. The van der Waals surface area contributed by atoms with Gasteiger partial charge in [0.2, 0.25) is 5.76 Å². The van der Waals surface area contributed by atoms with Crippen LogP contribution in [0, 0.1) is 5.41 Å². The lowest BCUT2D eigenvalue weighted by molar-refractivity contribution is -0.144. The van der Waals surface area contributed by atoms with Crippen molar-refractivity contribution in [2.75, 3.05) is 7.11 Å². The second kappa shape index (κ2) is 6.95. The maximum Gasteiger partial charge on any atom is 0.450 e. The van der Waals surface area contributed by atoms with Crippen molar-refractivity contribution in [1.82, 2.24) is 0 Å². The van der Waals surface area contributed by atoms with Crippen LogP contribution in [-0.4, -0.2) is 25.0 Å². The van der Waals surface area contributed by atoms with E-state index in [1.165, 1.54) is 12.1 Å². The van der Waals surface area contributed by atoms with Gasteiger partial charge in [-0.3, -0.25) is 4.79 Å². The van der Waals surface area contributed by atoms with Crippen LogP contribution >= 0.6 is 11.6 Å². The third-order valence-electron chi connectivity index (χ3n) is 4.77. The van der Waals surface area contributed by atoms with Crippen LogP contribution in [0.15, 0.2) is 46.9 Å². The highest BCUT2D eigenvalue weighted by atomic mass is 35.5. The molecule has 1 atom stereocenters. The van der Waals surface area contributed by atoms with Gasteiger partial charge in [0.25, 0.3) is 0 Å². The predicted molar refractivity (Wildman–Crippen MR) is 95.4 cm³/mol. The van der Waals surface area contributed by atoms with E-state index in [0.29, 0.717) is 5.56 Å². The van der Waals surface area contributed by atoms with Crippen LogP contribution in [0.4, 0.5) is 13.2 Å². The molecule has 0 aromatic heterocycles. The highest BCUT2D eigenvalue weighted by Gasteiger charge is 2.51. The lowest BCUT2D eigenvalue weighted by Gasteiger charge is -2.38. The molecule has 0 radical (unpaired) electrons. The summed E-state index contributed by atoms with van der Waals surface area (Å²) in [7, 11) is 0.980. The fourth-order valence-electron chi connectivity index (χ4n) is 3.69. The van der Waals surface area contributed by atoms with E-state index < -0.39 is 34.8 Å². The van der Waals surface area contributed by atoms with Gasteiger partial charge in [-0.15, -0.1) is 0 Å². The van der Waals surface area contributed by atoms with Gasteiger partial charge >= 0.3 is 12.1 Å². The molecule has 1 aliphatic heterocycles. The summed E-state index contributed by atoms with van der Waals surface area (Å²) < 4.78 is 51.1. The highest BCUT2D eigenvalue weighted by Crippen LogP contribution is 2.51. The number of hydrogen-bond donors (Lipinski definition) is 0. The Balaban J connectivity index is 2.32. The van der Waals surface area contributed by atoms with Gasteiger partial charge in [0, 0.05) is 23.4 Å². The number of hydrogen-bond acceptors (Lipinski definition) is 4. The Kier molecular flexibility index (Phi) is 5.08. The molecule has 1 aliphatic carbocycles. The third kappa shape index (κ3) is 3.68. The van der Waals surface area contributed by atoms with Gasteiger partial charge in [0.05, 0.1) is 18.6 Å². The molecule has 2 aliphatic rings. The van der Waals surface area contributed by atoms with E-state index in [1.54, 1.807) is 26.0 Å². The Morgan fingerprint density at radius 1 is 1.29 bits per heavy atom. The van der Waals surface area contributed by atoms with Gasteiger partial charge in [-0.05, 0) is 23.1 Å². The second-order valence-corrected chi connectivity index (χ2v) is 8.04. The van der Waals surface area contributed by atoms with E-state index in [-0.39, 0.29) is 35.0 Å². The van der Waals surface area contributed by atoms with Crippen molar-refractivity contribution in [3.05, 3.63) is 57.5 Å². The minimum atomic E-state index is -4.94. The van der Waals surface area contributed by atoms with Crippen molar-refractivity contribution >= 4 is 23.4 Å². The molecule has 1 unspecified atom stereocenters. The smallest absolute Gasteiger partial charge is 0.450 e. The van der Waals surface area contributed by atoms with Crippen LogP contribution in [-0.2, 0) is 19.1 Å². The molecular formula is C20H18ClF3O4. The van der Waals surface area contributed by atoms with Gasteiger partial charge in [-0.1, -0.05) is 37.6 Å². The molecule has 0 bridgehead atoms. The van der Waals surface area contributed by atoms with E-state index >= 15 is 0 Å². The zero-order valence-electron chi connectivity index (χ0n) is 15.4. The maximum atomic E-state index is 13.8. The van der Waals surface area contributed by atoms with Crippen molar-refractivity contribution in [1.29, 1.82) is 0 Å². The number of ether oxygens (including phenoxy) is 2. The summed E-state index contributed by atoms with van der Waals surface area (Å²) in [5.74, 6) is -4.35. The molecule has 150 valence electrons. The molecule has 28 heavy (non-hydrogen) atoms. The van der Waals surface area contributed by atoms with Crippen LogP contribution in [0.5, 0.6) is 0 Å². The molecule has 0 N–H and O–H groups in total. The second-order valence-electron chi connectivity index (χ2n) is 7.60. The average Bonchev–Trinajstić information content (AvgIpc) is 2.57. The van der Waals surface area contributed by atoms with Gasteiger partial charge in [-0.2, -0.15) is 13.2 Å². The summed E-state index contributed by atoms with van der Waals surface area (Å²) in [4.78, 5) is 25.3. The fourth-order valence-corrected chi connectivity index (χ4v) is 3.89. The highest BCUT2D eigenvalue weighted by molar-refractivity contribution is 6.30. The summed E-state index contributed by atoms with van der Waals surface area (Å²) in [6.45, 7) is 3.55. The molecule has 0 saturated heterocycles. The van der Waals surface area contributed by atoms with Crippen LogP contribution in [0.3, 0.4) is 0 Å². The number of carbonyl (C=O) groups is 2. The van der Waals surface area contributed by atoms with Crippen molar-refractivity contribution < 1.29 is 32.2 Å². The first-order valence-electron chi connectivity index (χ1n) is 8.54. The Labute approximate surface area is 164 Å². The zero-order chi connectivity index (χ0) is 20.9. The minimum Gasteiger partial charge on any atom is -0.466 e. The van der Waals surface area contributed by atoms with E-state index in [2.05, 4.69) is 4.74 Å². The number of allylic oxidation sites excluding steroid dienone is 3. The van der Waals surface area contributed by atoms with E-state index in [4.69, 9.17) is 16.3 Å². The molecular weight excluding hydrogens is 397 g/mol. The lowest BCUT2D eigenvalue weighted by atomic mass is 9.69. The van der Waals surface area contributed by atoms with Crippen LogP contribution in [0.25, 0.3) is 0 Å². The first kappa shape index (κ1) is 20.5. The number of carbonyl (C=O) groups excluding carboxylic acids is 2. The lowest BCUT2D eigenvalue weighted by Crippen LogP contribution is -2.36. The molecule has 0 amide bonds. The number of benzene rings is 1. The largest absolute Gasteiger partial charge is 0.466 e. The average molecular weight is 415 g/mol. The van der Waals surface area contributed by atoms with E-state index in [9.17, 15) is 22.8 Å². The normalized spacial score (nSPS) is 22.0. The van der Waals surface area contributed by atoms with Gasteiger partial charge in [0.15, 0.2) is 5.78 Å². The predicted octanol–water partition coefficient (Wildman–Crippen LogP) is 5.09. The fraction of sp³-hybridized carbons (Fsp3) is 0.400. The van der Waals surface area contributed by atoms with Crippen LogP contribution < -0.4 is 0 Å². The summed E-state index contributed by atoms with van der Waals surface area (Å²) in [6, 6.07) is 6.06. The number of rotatable bonds is 2. The van der Waals surface area contributed by atoms with Crippen molar-refractivity contribution in [3.63, 3.8) is 0 Å². The molecule has 1 aromatic rings. The molecule has 0 saturated carbocycles. The molecule has 0 fully saturated rings. The summed E-state index contributed by atoms with van der Waals surface area (Å²) in [5, 5.41) is 0.271. The number of Topliss-reactive ketones (excluding diaryl/α,β-unsaturated/α-hetero) is 1. The Morgan fingerprint density at radius 2 is 1.96 bits per heavy atom. The zero-order valence-corrected chi connectivity index (χ0v) is 16.2. The van der Waals surface area contributed by atoms with Crippen molar-refractivity contribution in [2.24, 2.45) is 5.41 Å². The summed E-state index contributed by atoms with van der Waals surface area (Å²) in [5.41, 5.74) is -0.966. The number of esters is 1. The minimum absolute atomic E-state index is 0.0509. The van der Waals surface area contributed by atoms with E-state index in [1.807, 2.05) is 0 Å². The number of methoxy groups -OCH3 is 1. The van der Waals surface area contributed by atoms with Gasteiger partial charge < -0.3 is 9.47 Å². The van der Waals surface area contributed by atoms with Crippen LogP contribution in [0.2, 0.25) is 5.02 Å². The Bertz CT molecular complexity index is 912. The quantitative estimate of drug-likeness (QED) is 0.633. The third-order valence-corrected chi connectivity index (χ3v) is 5.01. The number of alkyl halides is 3. The molecule has 3 rings (SSSR count). The number of ketones is 1. The molecule has 1 aromatic carbocycles. The Morgan fingerprint density at radius 3 is 2.54 bits per heavy atom. The molecule has 0 spiro atoms. The van der Waals surface area contributed by atoms with E-state index in [0.717, 1.165) is 7.11 Å². The van der Waals surface area contributed by atoms with Gasteiger partial charge in [-0.25, -0.2) is 4.79 Å². The topological polar surface area (TPSA) is 52.6 Å². The molecule has 1 heterocycles. The monoisotopic (exact) mass is 414 g/mol. The van der Waals surface area contributed by atoms with Crippen molar-refractivity contribution in [2.45, 2.75) is 38.8 Å². The Hall–Kier alpha value is -2.28. The summed E-state index contributed by atoms with van der Waals surface area (Å²) >= 11 is 6.02. The van der Waals surface area contributed by atoms with Crippen molar-refractivity contribution in [3.8, 4) is 0 Å². The number of halogens is 4. The molecule has 8 heteroatoms. The first-order valence-corrected chi connectivity index (χ1v) is 8.91. The van der Waals surface area contributed by atoms with Gasteiger partial charge in [0.1, 0.15) is 5.76 Å². The molecule has 4 nitrogen and oxygen atoms in total. The maximum absolute atomic E-state index is 13.8. The SMILES string of the molecule is COC(=O)C1=C(C(F)(F)F)OC2=C(C(=O)CC(C)(C)C2)C1c1cccc(Cl)c1. The van der Waals surface area contributed by atoms with Crippen LogP contribution in [0.1, 0.15) is 38.2 Å². The summed E-state index contributed by atoms with van der Waals surface area (Å²) in [6.07, 6.45) is -4.68.